The standard InChI is InChI=1S/C28H28N6O3.C14H10N5.C14H19NO3.C12H15NO2.C8H11NO.C4H6O2.C2H5BrO/c1-20(2)28(36)37-17-15-34(14-16-35)26-11-8-24(9-12-26)31-33-27-13-10-25(18-21(27)3)32-30-23-6-4-22(19-29)5-7-23;1-10-8-13(6-7-14(10)17-16)19-18-12-4-2-11(9-15)3-5-12;1-12(2)14(17)18-11-9-15(8-10-16)13-6-4-3-5-7-13;1-10(2)12(14)15-9-8-13-11-6-4-3-5-7-11;10-7-6-9-8-4-2-1-3-5-8;1-3(2)4(5)6;3-1-2-4/h4-13,18,35H,1,14-17H2,2-3H3;2-8H,1H3;3-7,16H,1,8-11H2,2H3;3-7,13H,1,8-9H2,2H3;1-5,9-10H,6-7H2;1H2,2H3,(H,5,6);4H,1-2H2/q;+1;;;;;. The highest BCUT2D eigenvalue weighted by molar-refractivity contribution is 9.09. The number of alkyl halides is 1. The van der Waals surface area contributed by atoms with Gasteiger partial charge >= 0.3 is 29.6 Å². The zero-order chi connectivity index (χ0) is 80.6. The number of aliphatic carboxylic acids is 1. The van der Waals surface area contributed by atoms with Crippen molar-refractivity contribution in [2.45, 2.75) is 41.5 Å². The Balaban J connectivity index is 0.000000476. The van der Waals surface area contributed by atoms with Crippen LogP contribution in [0, 0.1) is 41.9 Å². The molecule has 0 radical (unpaired) electrons. The molecule has 0 aromatic heterocycles. The average molecular weight is 1550 g/mol. The van der Waals surface area contributed by atoms with E-state index in [9.17, 15) is 24.3 Å². The van der Waals surface area contributed by atoms with E-state index in [-0.39, 0.29) is 57.2 Å². The van der Waals surface area contributed by atoms with Crippen LogP contribution in [-0.2, 0) is 33.4 Å². The number of carbonyl (C=O) groups excluding carboxylic acids is 3. The Kier molecular flexibility index (Phi) is 47.3. The van der Waals surface area contributed by atoms with Crippen molar-refractivity contribution in [3.63, 3.8) is 0 Å². The number of nitrogens with zero attached hydrogens (tertiary/aromatic N) is 12. The number of benzene rings is 8. The Morgan fingerprint density at radius 3 is 1.16 bits per heavy atom. The Hall–Kier alpha value is -12.7. The van der Waals surface area contributed by atoms with E-state index in [0.29, 0.717) is 119 Å². The minimum Gasteiger partial charge on any atom is -0.478 e. The number of nitriles is 2. The number of aliphatic hydroxyl groups is 4. The Morgan fingerprint density at radius 2 is 0.798 bits per heavy atom. The summed E-state index contributed by atoms with van der Waals surface area (Å²) in [6.07, 6.45) is 0. The third-order valence-electron chi connectivity index (χ3n) is 13.7. The van der Waals surface area contributed by atoms with Crippen LogP contribution in [0.3, 0.4) is 0 Å². The number of carboxylic acids is 1. The summed E-state index contributed by atoms with van der Waals surface area (Å²) in [7, 11) is 0. The highest BCUT2D eigenvalue weighted by Crippen LogP contribution is 2.29. The molecule has 0 aliphatic carbocycles. The zero-order valence-corrected chi connectivity index (χ0v) is 63.7. The Labute approximate surface area is 645 Å². The summed E-state index contributed by atoms with van der Waals surface area (Å²) < 4.78 is 15.1. The molecule has 0 heterocycles. The molecule has 0 aliphatic rings. The summed E-state index contributed by atoms with van der Waals surface area (Å²) in [6, 6.07) is 65.2. The molecular weight excluding hydrogens is 1450 g/mol. The van der Waals surface area contributed by atoms with E-state index in [2.05, 4.69) is 94.6 Å². The fourth-order valence-electron chi connectivity index (χ4n) is 8.04. The molecular formula is C82H94BrN14O12+. The smallest absolute Gasteiger partial charge is 0.388 e. The number of esters is 3. The second kappa shape index (κ2) is 55.8. The fourth-order valence-corrected chi connectivity index (χ4v) is 8.04. The number of hydrogen-bond acceptors (Lipinski definition) is 24. The largest absolute Gasteiger partial charge is 0.478 e. The van der Waals surface area contributed by atoms with Gasteiger partial charge in [-0.25, -0.2) is 19.2 Å². The number of carbonyl (C=O) groups is 4. The van der Waals surface area contributed by atoms with Gasteiger partial charge in [0.15, 0.2) is 4.98 Å². The number of aryl methyl sites for hydroxylation is 2. The predicted octanol–water partition coefficient (Wildman–Crippen LogP) is 17.3. The molecule has 0 aliphatic heterocycles. The lowest BCUT2D eigenvalue weighted by atomic mass is 10.2. The maximum atomic E-state index is 11.6. The Bertz CT molecular complexity index is 4310. The topological polar surface area (TPSA) is 378 Å². The van der Waals surface area contributed by atoms with Gasteiger partial charge in [-0.15, -0.1) is 0 Å². The third kappa shape index (κ3) is 41.0. The average Bonchev–Trinajstić information content (AvgIpc) is 0.861. The van der Waals surface area contributed by atoms with Gasteiger partial charge in [0, 0.05) is 88.2 Å². The first-order chi connectivity index (χ1) is 52.4. The van der Waals surface area contributed by atoms with Gasteiger partial charge in [-0.05, 0) is 187 Å². The molecule has 0 bridgehead atoms. The lowest BCUT2D eigenvalue weighted by Crippen LogP contribution is -2.31. The van der Waals surface area contributed by atoms with Gasteiger partial charge < -0.3 is 60.2 Å². The van der Waals surface area contributed by atoms with Gasteiger partial charge in [-0.2, -0.15) is 41.2 Å². The number of carboxylic acid groups (broad SMARTS) is 1. The van der Waals surface area contributed by atoms with Crippen LogP contribution in [0.2, 0.25) is 0 Å². The summed E-state index contributed by atoms with van der Waals surface area (Å²) >= 11 is 3.00. The van der Waals surface area contributed by atoms with Crippen LogP contribution < -0.4 is 20.4 Å². The monoisotopic (exact) mass is 1550 g/mol. The van der Waals surface area contributed by atoms with Crippen molar-refractivity contribution < 1.29 is 58.9 Å². The second-order valence-electron chi connectivity index (χ2n) is 22.8. The molecule has 109 heavy (non-hydrogen) atoms. The summed E-state index contributed by atoms with van der Waals surface area (Å²) in [5, 5.41) is 101. The van der Waals surface area contributed by atoms with E-state index in [1.54, 1.807) is 87.5 Å². The van der Waals surface area contributed by atoms with E-state index in [1.165, 1.54) is 6.92 Å². The summed E-state index contributed by atoms with van der Waals surface area (Å²) in [5.74, 6) is -2.09. The number of aliphatic hydroxyl groups excluding tert-OH is 4. The molecule has 0 spiro atoms. The first-order valence-corrected chi connectivity index (χ1v) is 35.0. The molecule has 8 aromatic rings. The minimum atomic E-state index is -0.935. The van der Waals surface area contributed by atoms with Gasteiger partial charge in [0.2, 0.25) is 5.39 Å². The van der Waals surface area contributed by atoms with Crippen molar-refractivity contribution >= 4 is 102 Å². The van der Waals surface area contributed by atoms with Crippen molar-refractivity contribution in [3.05, 3.63) is 276 Å². The number of hydrogen-bond donors (Lipinski definition) is 7. The molecule has 8 aromatic carbocycles. The molecule has 0 fully saturated rings. The predicted molar refractivity (Wildman–Crippen MR) is 431 cm³/mol. The van der Waals surface area contributed by atoms with Crippen molar-refractivity contribution in [2.24, 2.45) is 30.7 Å². The van der Waals surface area contributed by atoms with E-state index >= 15 is 0 Å². The number of anilines is 4. The van der Waals surface area contributed by atoms with Crippen molar-refractivity contribution in [2.75, 3.05) is 111 Å². The molecule has 0 atom stereocenters. The van der Waals surface area contributed by atoms with Crippen LogP contribution in [0.1, 0.15) is 49.9 Å². The fraction of sp³-hybridized carbons (Fsp3) is 0.244. The summed E-state index contributed by atoms with van der Waals surface area (Å²) in [4.78, 5) is 50.4. The van der Waals surface area contributed by atoms with E-state index in [4.69, 9.17) is 50.6 Å². The maximum Gasteiger partial charge on any atom is 0.388 e. The first-order valence-electron chi connectivity index (χ1n) is 33.9. The lowest BCUT2D eigenvalue weighted by molar-refractivity contribution is -0.139. The van der Waals surface area contributed by atoms with E-state index < -0.39 is 11.9 Å². The van der Waals surface area contributed by atoms with Crippen LogP contribution >= 0.6 is 15.9 Å². The number of halogens is 1. The number of ether oxygens (including phenoxy) is 3. The van der Waals surface area contributed by atoms with Crippen molar-refractivity contribution in [1.29, 1.82) is 15.9 Å². The van der Waals surface area contributed by atoms with Crippen LogP contribution in [0.5, 0.6) is 0 Å². The molecule has 0 amide bonds. The van der Waals surface area contributed by atoms with Gasteiger partial charge in [0.05, 0.1) is 96.9 Å². The number of rotatable bonds is 30. The molecule has 7 N–H and O–H groups in total. The van der Waals surface area contributed by atoms with Crippen LogP contribution in [0.15, 0.2) is 279 Å². The lowest BCUT2D eigenvalue weighted by Gasteiger charge is -2.23. The zero-order valence-electron chi connectivity index (χ0n) is 62.1. The number of para-hydroxylation sites is 3. The first kappa shape index (κ1) is 92.4. The number of azo groups is 3. The van der Waals surface area contributed by atoms with E-state index in [0.717, 1.165) is 33.9 Å². The molecule has 0 unspecified atom stereocenters. The molecule has 26 nitrogen and oxygen atoms in total. The summed E-state index contributed by atoms with van der Waals surface area (Å²) in [5.41, 5.74) is 12.7. The SMILES string of the molecule is C=C(C)C(=O)O.C=C(C)C(=O)OCCN(CCO)c1ccc(N=Nc2ccc(N=Nc3ccc(C#N)cc3)cc2C)cc1.C=C(C)C(=O)OCCN(CCO)c1ccccc1.C=C(C)C(=O)OCCNc1ccccc1.Cc1cc(N=Nc2ccc(C#N)cc2)ccc1[N+]#N.OCCBr.OCCNc1ccccc1. The summed E-state index contributed by atoms with van der Waals surface area (Å²) in [6.45, 7) is 28.1. The normalized spacial score (nSPS) is 9.94. The highest BCUT2D eigenvalue weighted by atomic mass is 79.9. The van der Waals surface area contributed by atoms with Gasteiger partial charge in [0.25, 0.3) is 0 Å². The van der Waals surface area contributed by atoms with Crippen molar-refractivity contribution in [3.8, 4) is 12.1 Å². The van der Waals surface area contributed by atoms with Crippen molar-refractivity contribution in [1.82, 2.24) is 0 Å². The molecule has 570 valence electrons. The Morgan fingerprint density at radius 1 is 0.450 bits per heavy atom. The van der Waals surface area contributed by atoms with Gasteiger partial charge in [-0.3, -0.25) is 0 Å². The van der Waals surface area contributed by atoms with E-state index in [1.807, 2.05) is 163 Å². The third-order valence-corrected chi connectivity index (χ3v) is 14.1. The minimum absolute atomic E-state index is 0.0296. The number of nitrogens with one attached hydrogen (secondary N) is 2. The molecule has 8 rings (SSSR count). The number of diazo groups is 1. The molecule has 27 heteroatoms. The van der Waals surface area contributed by atoms with Crippen LogP contribution in [0.25, 0.3) is 4.98 Å². The second-order valence-corrected chi connectivity index (χ2v) is 23.6. The van der Waals surface area contributed by atoms with Gasteiger partial charge in [0.1, 0.15) is 19.8 Å². The molecule has 0 saturated carbocycles. The van der Waals surface area contributed by atoms with Crippen LogP contribution in [-0.4, -0.2) is 140 Å². The highest BCUT2D eigenvalue weighted by Gasteiger charge is 2.12. The van der Waals surface area contributed by atoms with Gasteiger partial charge in [-0.1, -0.05) is 96.8 Å². The maximum absolute atomic E-state index is 11.6. The molecule has 0 saturated heterocycles. The quantitative estimate of drug-likeness (QED) is 0.00418. The van der Waals surface area contributed by atoms with Crippen LogP contribution in [0.4, 0.5) is 62.6 Å².